The molecule has 0 atom stereocenters. The van der Waals surface area contributed by atoms with E-state index >= 15 is 0 Å². The van der Waals surface area contributed by atoms with Crippen LogP contribution in [0.2, 0.25) is 0 Å². The average Bonchev–Trinajstić information content (AvgIpc) is 3.40. The van der Waals surface area contributed by atoms with Crippen LogP contribution in [0.25, 0.3) is 5.69 Å². The molecule has 4 rings (SSSR count). The van der Waals surface area contributed by atoms with Crippen LogP contribution in [-0.4, -0.2) is 54.3 Å². The molecule has 0 saturated carbocycles. The van der Waals surface area contributed by atoms with E-state index in [0.717, 1.165) is 10.6 Å². The van der Waals surface area contributed by atoms with Crippen molar-refractivity contribution in [1.29, 1.82) is 0 Å². The molecular formula is C20H21N3O3S2. The monoisotopic (exact) mass is 415 g/mol. The molecule has 1 aromatic carbocycles. The summed E-state index contributed by atoms with van der Waals surface area (Å²) < 4.78 is 29.3. The van der Waals surface area contributed by atoms with Crippen LogP contribution in [-0.2, 0) is 10.0 Å². The van der Waals surface area contributed by atoms with E-state index in [4.69, 9.17) is 0 Å². The third-order valence-electron chi connectivity index (χ3n) is 4.85. The maximum absolute atomic E-state index is 12.8. The quantitative estimate of drug-likeness (QED) is 0.658. The number of nitrogens with zero attached hydrogens (tertiary/aromatic N) is 3. The maximum atomic E-state index is 12.8. The summed E-state index contributed by atoms with van der Waals surface area (Å²) in [5.74, 6) is -0.0666. The molecule has 0 unspecified atom stereocenters. The molecule has 0 bridgehead atoms. The first-order valence-corrected chi connectivity index (χ1v) is 11.3. The van der Waals surface area contributed by atoms with Crippen LogP contribution in [0.4, 0.5) is 0 Å². The second kappa shape index (κ2) is 7.54. The first-order valence-electron chi connectivity index (χ1n) is 9.04. The van der Waals surface area contributed by atoms with Gasteiger partial charge in [0.1, 0.15) is 4.21 Å². The molecule has 1 aliphatic rings. The zero-order chi connectivity index (χ0) is 19.7. The lowest BCUT2D eigenvalue weighted by Crippen LogP contribution is -2.50. The number of hydrogen-bond acceptors (Lipinski definition) is 4. The molecule has 3 heterocycles. The fourth-order valence-electron chi connectivity index (χ4n) is 3.27. The first kappa shape index (κ1) is 18.9. The van der Waals surface area contributed by atoms with Gasteiger partial charge in [0.15, 0.2) is 0 Å². The normalized spacial score (nSPS) is 15.7. The predicted octanol–water partition coefficient (Wildman–Crippen LogP) is 2.99. The Morgan fingerprint density at radius 1 is 0.929 bits per heavy atom. The smallest absolute Gasteiger partial charge is 0.253 e. The van der Waals surface area contributed by atoms with E-state index in [1.165, 1.54) is 15.6 Å². The molecule has 1 amide bonds. The topological polar surface area (TPSA) is 62.6 Å². The third kappa shape index (κ3) is 3.63. The Labute approximate surface area is 168 Å². The van der Waals surface area contributed by atoms with Gasteiger partial charge in [0, 0.05) is 54.7 Å². The summed E-state index contributed by atoms with van der Waals surface area (Å²) in [5.41, 5.74) is 1.60. The molecule has 0 aliphatic carbocycles. The van der Waals surface area contributed by atoms with Crippen molar-refractivity contribution < 1.29 is 13.2 Å². The maximum Gasteiger partial charge on any atom is 0.253 e. The van der Waals surface area contributed by atoms with Gasteiger partial charge < -0.3 is 9.47 Å². The number of rotatable bonds is 4. The highest BCUT2D eigenvalue weighted by molar-refractivity contribution is 7.91. The van der Waals surface area contributed by atoms with Gasteiger partial charge in [0.2, 0.25) is 0 Å². The fourth-order valence-corrected chi connectivity index (χ4v) is 6.13. The summed E-state index contributed by atoms with van der Waals surface area (Å²) in [6, 6.07) is 14.8. The van der Waals surface area contributed by atoms with Gasteiger partial charge in [-0.2, -0.15) is 4.31 Å². The van der Waals surface area contributed by atoms with Crippen LogP contribution in [0.15, 0.2) is 65.1 Å². The van der Waals surface area contributed by atoms with Crippen molar-refractivity contribution in [1.82, 2.24) is 13.8 Å². The lowest BCUT2D eigenvalue weighted by atomic mass is 10.1. The van der Waals surface area contributed by atoms with Crippen molar-refractivity contribution >= 4 is 27.3 Å². The van der Waals surface area contributed by atoms with Crippen molar-refractivity contribution in [2.45, 2.75) is 11.1 Å². The second-order valence-electron chi connectivity index (χ2n) is 6.70. The highest BCUT2D eigenvalue weighted by Crippen LogP contribution is 2.25. The lowest BCUT2D eigenvalue weighted by Gasteiger charge is -2.33. The number of amides is 1. The van der Waals surface area contributed by atoms with Gasteiger partial charge in [0.25, 0.3) is 15.9 Å². The molecule has 8 heteroatoms. The van der Waals surface area contributed by atoms with Crippen LogP contribution in [0, 0.1) is 6.92 Å². The standard InChI is InChI=1S/C20H21N3O3S2/c1-16-4-9-19(27-16)28(25,26)23-14-12-22(13-15-23)20(24)17-5-7-18(8-6-17)21-10-2-3-11-21/h2-11H,12-15H2,1H3. The number of carbonyl (C=O) groups is 1. The zero-order valence-corrected chi connectivity index (χ0v) is 17.1. The minimum atomic E-state index is -3.47. The molecule has 0 N–H and O–H groups in total. The number of piperazine rings is 1. The van der Waals surface area contributed by atoms with Crippen molar-refractivity contribution in [2.75, 3.05) is 26.2 Å². The minimum Gasteiger partial charge on any atom is -0.336 e. The van der Waals surface area contributed by atoms with Gasteiger partial charge in [-0.25, -0.2) is 8.42 Å². The highest BCUT2D eigenvalue weighted by atomic mass is 32.2. The number of aromatic nitrogens is 1. The minimum absolute atomic E-state index is 0.0666. The molecule has 146 valence electrons. The Bertz CT molecular complexity index is 1060. The van der Waals surface area contributed by atoms with Gasteiger partial charge in [-0.15, -0.1) is 11.3 Å². The van der Waals surface area contributed by atoms with Crippen molar-refractivity contribution in [2.24, 2.45) is 0 Å². The van der Waals surface area contributed by atoms with E-state index in [0.29, 0.717) is 36.0 Å². The number of aryl methyl sites for hydroxylation is 1. The summed E-state index contributed by atoms with van der Waals surface area (Å²) >= 11 is 1.28. The third-order valence-corrected chi connectivity index (χ3v) is 8.22. The number of benzene rings is 1. The number of thiophene rings is 1. The summed E-state index contributed by atoms with van der Waals surface area (Å²) in [6.45, 7) is 3.30. The molecule has 0 spiro atoms. The van der Waals surface area contributed by atoms with E-state index in [9.17, 15) is 13.2 Å². The number of carbonyl (C=O) groups excluding carboxylic acids is 1. The Morgan fingerprint density at radius 2 is 1.57 bits per heavy atom. The molecule has 3 aromatic rings. The van der Waals surface area contributed by atoms with Crippen LogP contribution in [0.5, 0.6) is 0 Å². The van der Waals surface area contributed by atoms with Crippen molar-refractivity contribution in [3.8, 4) is 5.69 Å². The van der Waals surface area contributed by atoms with Gasteiger partial charge >= 0.3 is 0 Å². The molecule has 1 saturated heterocycles. The molecule has 6 nitrogen and oxygen atoms in total. The van der Waals surface area contributed by atoms with Crippen molar-refractivity contribution in [3.63, 3.8) is 0 Å². The Kier molecular flexibility index (Phi) is 5.09. The van der Waals surface area contributed by atoms with E-state index < -0.39 is 10.0 Å². The highest BCUT2D eigenvalue weighted by Gasteiger charge is 2.31. The van der Waals surface area contributed by atoms with Gasteiger partial charge in [-0.3, -0.25) is 4.79 Å². The summed E-state index contributed by atoms with van der Waals surface area (Å²) in [4.78, 5) is 15.5. The first-order chi connectivity index (χ1) is 13.4. The lowest BCUT2D eigenvalue weighted by molar-refractivity contribution is 0.0698. The summed E-state index contributed by atoms with van der Waals surface area (Å²) in [6.07, 6.45) is 3.90. The average molecular weight is 416 g/mol. The molecular weight excluding hydrogens is 394 g/mol. The summed E-state index contributed by atoms with van der Waals surface area (Å²) in [7, 11) is -3.47. The largest absolute Gasteiger partial charge is 0.336 e. The van der Waals surface area contributed by atoms with Gasteiger partial charge in [-0.05, 0) is 55.5 Å². The molecule has 28 heavy (non-hydrogen) atoms. The van der Waals surface area contributed by atoms with Crippen LogP contribution in [0.1, 0.15) is 15.2 Å². The molecule has 1 fully saturated rings. The number of sulfonamides is 1. The van der Waals surface area contributed by atoms with E-state index in [1.807, 2.05) is 66.3 Å². The van der Waals surface area contributed by atoms with Gasteiger partial charge in [-0.1, -0.05) is 0 Å². The Morgan fingerprint density at radius 3 is 2.14 bits per heavy atom. The molecule has 1 aliphatic heterocycles. The molecule has 0 radical (unpaired) electrons. The number of hydrogen-bond donors (Lipinski definition) is 0. The van der Waals surface area contributed by atoms with Crippen LogP contribution in [0.3, 0.4) is 0 Å². The van der Waals surface area contributed by atoms with E-state index in [-0.39, 0.29) is 5.91 Å². The van der Waals surface area contributed by atoms with Crippen LogP contribution >= 0.6 is 11.3 Å². The Balaban J connectivity index is 1.41. The predicted molar refractivity (Wildman–Crippen MR) is 109 cm³/mol. The van der Waals surface area contributed by atoms with Crippen LogP contribution < -0.4 is 0 Å². The summed E-state index contributed by atoms with van der Waals surface area (Å²) in [5, 5.41) is 0. The van der Waals surface area contributed by atoms with Crippen molar-refractivity contribution in [3.05, 3.63) is 71.4 Å². The Hall–Kier alpha value is -2.42. The van der Waals surface area contributed by atoms with Gasteiger partial charge in [0.05, 0.1) is 0 Å². The van der Waals surface area contributed by atoms with E-state index in [1.54, 1.807) is 11.0 Å². The molecule has 2 aromatic heterocycles. The zero-order valence-electron chi connectivity index (χ0n) is 15.5. The fraction of sp³-hybridized carbons (Fsp3) is 0.250. The second-order valence-corrected chi connectivity index (χ2v) is 10.2. The van der Waals surface area contributed by atoms with E-state index in [2.05, 4.69) is 0 Å². The SMILES string of the molecule is Cc1ccc(S(=O)(=O)N2CCN(C(=O)c3ccc(-n4cccc4)cc3)CC2)s1.